The molecule has 1 aromatic carbocycles. The third kappa shape index (κ3) is 4.30. The summed E-state index contributed by atoms with van der Waals surface area (Å²) in [5, 5.41) is 0. The number of carbonyl (C=O) groups excluding carboxylic acids is 1. The lowest BCUT2D eigenvalue weighted by Gasteiger charge is -2.24. The molecule has 1 amide bonds. The fourth-order valence-corrected chi connectivity index (χ4v) is 2.48. The first-order valence-electron chi connectivity index (χ1n) is 7.18. The molecule has 0 saturated heterocycles. The smallest absolute Gasteiger partial charge is 0.229 e. The van der Waals surface area contributed by atoms with E-state index in [0.717, 1.165) is 36.9 Å². The topological polar surface area (TPSA) is 46.3 Å². The lowest BCUT2D eigenvalue weighted by atomic mass is 9.96. The van der Waals surface area contributed by atoms with Crippen molar-refractivity contribution in [2.45, 2.75) is 39.5 Å². The number of carbonyl (C=O) groups is 1. The number of thiocarbonyl (C=S) groups is 1. The Morgan fingerprint density at radius 1 is 1.30 bits per heavy atom. The van der Waals surface area contributed by atoms with Crippen LogP contribution in [0.3, 0.4) is 0 Å². The van der Waals surface area contributed by atoms with Crippen LogP contribution >= 0.6 is 12.2 Å². The summed E-state index contributed by atoms with van der Waals surface area (Å²) in [4.78, 5) is 14.6. The standard InChI is InChI=1S/C16H24N2OS/c1-4-7-12(8-5-2)16(19)18(3)14-10-6-9-13(11-14)15(17)20/h6,9-12H,4-5,7-8H2,1-3H3,(H2,17,20). The van der Waals surface area contributed by atoms with Gasteiger partial charge in [-0.15, -0.1) is 0 Å². The third-order valence-electron chi connectivity index (χ3n) is 3.47. The van der Waals surface area contributed by atoms with E-state index in [-0.39, 0.29) is 11.8 Å². The van der Waals surface area contributed by atoms with Crippen LogP contribution in [-0.2, 0) is 4.79 Å². The minimum atomic E-state index is 0.100. The van der Waals surface area contributed by atoms with E-state index in [1.165, 1.54) is 0 Å². The van der Waals surface area contributed by atoms with Crippen molar-refractivity contribution in [1.29, 1.82) is 0 Å². The van der Waals surface area contributed by atoms with Crippen molar-refractivity contribution in [3.8, 4) is 0 Å². The molecule has 4 heteroatoms. The lowest BCUT2D eigenvalue weighted by molar-refractivity contribution is -0.122. The molecule has 0 heterocycles. The number of amides is 1. The molecule has 1 rings (SSSR count). The van der Waals surface area contributed by atoms with Crippen LogP contribution in [0.25, 0.3) is 0 Å². The molecule has 0 saturated carbocycles. The van der Waals surface area contributed by atoms with Crippen molar-refractivity contribution in [3.05, 3.63) is 29.8 Å². The molecule has 0 radical (unpaired) electrons. The van der Waals surface area contributed by atoms with Gasteiger partial charge in [0.2, 0.25) is 5.91 Å². The first-order chi connectivity index (χ1) is 9.51. The minimum absolute atomic E-state index is 0.100. The Labute approximate surface area is 127 Å². The van der Waals surface area contributed by atoms with Crippen molar-refractivity contribution in [2.24, 2.45) is 11.7 Å². The first kappa shape index (κ1) is 16.6. The van der Waals surface area contributed by atoms with Gasteiger partial charge >= 0.3 is 0 Å². The van der Waals surface area contributed by atoms with Gasteiger partial charge in [0.15, 0.2) is 0 Å². The van der Waals surface area contributed by atoms with Gasteiger partial charge in [-0.1, -0.05) is 51.0 Å². The zero-order valence-electron chi connectivity index (χ0n) is 12.6. The molecule has 0 unspecified atom stereocenters. The van der Waals surface area contributed by atoms with E-state index in [0.29, 0.717) is 4.99 Å². The minimum Gasteiger partial charge on any atom is -0.389 e. The van der Waals surface area contributed by atoms with Gasteiger partial charge in [0.25, 0.3) is 0 Å². The Balaban J connectivity index is 2.91. The van der Waals surface area contributed by atoms with Gasteiger partial charge in [-0.25, -0.2) is 0 Å². The van der Waals surface area contributed by atoms with Crippen LogP contribution in [0.4, 0.5) is 5.69 Å². The summed E-state index contributed by atoms with van der Waals surface area (Å²) >= 11 is 4.98. The van der Waals surface area contributed by atoms with E-state index in [2.05, 4.69) is 13.8 Å². The maximum atomic E-state index is 12.6. The Bertz CT molecular complexity index is 467. The first-order valence-corrected chi connectivity index (χ1v) is 7.59. The number of anilines is 1. The third-order valence-corrected chi connectivity index (χ3v) is 3.71. The van der Waals surface area contributed by atoms with E-state index < -0.39 is 0 Å². The molecule has 20 heavy (non-hydrogen) atoms. The SMILES string of the molecule is CCCC(CCC)C(=O)N(C)c1cccc(C(N)=S)c1. The van der Waals surface area contributed by atoms with Crippen molar-refractivity contribution in [3.63, 3.8) is 0 Å². The highest BCUT2D eigenvalue weighted by atomic mass is 32.1. The zero-order chi connectivity index (χ0) is 15.1. The van der Waals surface area contributed by atoms with Crippen LogP contribution in [0.15, 0.2) is 24.3 Å². The number of rotatable bonds is 7. The molecular weight excluding hydrogens is 268 g/mol. The number of hydrogen-bond acceptors (Lipinski definition) is 2. The van der Waals surface area contributed by atoms with Crippen molar-refractivity contribution in [2.75, 3.05) is 11.9 Å². The molecule has 0 aliphatic rings. The van der Waals surface area contributed by atoms with Crippen LogP contribution in [0.1, 0.15) is 45.1 Å². The number of hydrogen-bond donors (Lipinski definition) is 1. The highest BCUT2D eigenvalue weighted by molar-refractivity contribution is 7.80. The van der Waals surface area contributed by atoms with Gasteiger partial charge in [-0.2, -0.15) is 0 Å². The zero-order valence-corrected chi connectivity index (χ0v) is 13.4. The van der Waals surface area contributed by atoms with Crippen LogP contribution in [-0.4, -0.2) is 17.9 Å². The fraction of sp³-hybridized carbons (Fsp3) is 0.500. The Kier molecular flexibility index (Phi) is 6.65. The molecule has 0 aromatic heterocycles. The van der Waals surface area contributed by atoms with Crippen molar-refractivity contribution in [1.82, 2.24) is 0 Å². The quantitative estimate of drug-likeness (QED) is 0.782. The number of nitrogens with zero attached hydrogens (tertiary/aromatic N) is 1. The fourth-order valence-electron chi connectivity index (χ4n) is 2.36. The van der Waals surface area contributed by atoms with Crippen molar-refractivity contribution < 1.29 is 4.79 Å². The van der Waals surface area contributed by atoms with Crippen LogP contribution in [0.2, 0.25) is 0 Å². The predicted octanol–water partition coefficient (Wildman–Crippen LogP) is 3.50. The monoisotopic (exact) mass is 292 g/mol. The molecule has 0 aliphatic heterocycles. The summed E-state index contributed by atoms with van der Waals surface area (Å²) in [6, 6.07) is 7.52. The van der Waals surface area contributed by atoms with E-state index >= 15 is 0 Å². The summed E-state index contributed by atoms with van der Waals surface area (Å²) in [5.74, 6) is 0.275. The van der Waals surface area contributed by atoms with Gasteiger partial charge in [0.05, 0.1) is 0 Å². The molecule has 0 spiro atoms. The average molecular weight is 292 g/mol. The van der Waals surface area contributed by atoms with E-state index in [1.54, 1.807) is 4.90 Å². The molecule has 0 fully saturated rings. The molecule has 0 aliphatic carbocycles. The highest BCUT2D eigenvalue weighted by Crippen LogP contribution is 2.21. The normalized spacial score (nSPS) is 10.6. The van der Waals surface area contributed by atoms with E-state index in [9.17, 15) is 4.79 Å². The Morgan fingerprint density at radius 2 is 1.90 bits per heavy atom. The highest BCUT2D eigenvalue weighted by Gasteiger charge is 2.21. The second-order valence-electron chi connectivity index (χ2n) is 5.09. The second kappa shape index (κ2) is 8.00. The molecule has 2 N–H and O–H groups in total. The second-order valence-corrected chi connectivity index (χ2v) is 5.53. The molecule has 0 bridgehead atoms. The summed E-state index contributed by atoms with van der Waals surface area (Å²) in [5.41, 5.74) is 7.28. The van der Waals surface area contributed by atoms with Gasteiger partial charge < -0.3 is 10.6 Å². The van der Waals surface area contributed by atoms with Gasteiger partial charge in [-0.3, -0.25) is 4.79 Å². The molecule has 3 nitrogen and oxygen atoms in total. The number of benzene rings is 1. The largest absolute Gasteiger partial charge is 0.389 e. The molecule has 0 atom stereocenters. The summed E-state index contributed by atoms with van der Waals surface area (Å²) in [6.07, 6.45) is 3.92. The van der Waals surface area contributed by atoms with E-state index in [4.69, 9.17) is 18.0 Å². The van der Waals surface area contributed by atoms with Crippen molar-refractivity contribution >= 4 is 28.8 Å². The molecular formula is C16H24N2OS. The lowest BCUT2D eigenvalue weighted by Crippen LogP contribution is -2.33. The summed E-state index contributed by atoms with van der Waals surface area (Å²) in [6.45, 7) is 4.23. The van der Waals surface area contributed by atoms with Crippen LogP contribution in [0.5, 0.6) is 0 Å². The number of nitrogens with two attached hydrogens (primary N) is 1. The average Bonchev–Trinajstić information content (AvgIpc) is 2.45. The maximum Gasteiger partial charge on any atom is 0.229 e. The van der Waals surface area contributed by atoms with Gasteiger partial charge in [0.1, 0.15) is 4.99 Å². The van der Waals surface area contributed by atoms with Crippen LogP contribution in [0, 0.1) is 5.92 Å². The van der Waals surface area contributed by atoms with E-state index in [1.807, 2.05) is 31.3 Å². The van der Waals surface area contributed by atoms with Crippen LogP contribution < -0.4 is 10.6 Å². The van der Waals surface area contributed by atoms with Gasteiger partial charge in [0, 0.05) is 24.2 Å². The molecule has 110 valence electrons. The Morgan fingerprint density at radius 3 is 2.40 bits per heavy atom. The predicted molar refractivity (Wildman–Crippen MR) is 89.0 cm³/mol. The van der Waals surface area contributed by atoms with Gasteiger partial charge in [-0.05, 0) is 25.0 Å². The Hall–Kier alpha value is -1.42. The maximum absolute atomic E-state index is 12.6. The summed E-state index contributed by atoms with van der Waals surface area (Å²) < 4.78 is 0. The molecule has 1 aromatic rings. The summed E-state index contributed by atoms with van der Waals surface area (Å²) in [7, 11) is 1.82.